The maximum absolute atomic E-state index is 12.5. The number of ether oxygens (including phenoxy) is 5. The normalized spacial score (nSPS) is 24.0. The zero-order valence-corrected chi connectivity index (χ0v) is 24.1. The number of hydrogen-bond donors (Lipinski definition) is 0. The lowest BCUT2D eigenvalue weighted by Gasteiger charge is -2.43. The first-order valence-electron chi connectivity index (χ1n) is 12.2. The molecule has 1 heterocycles. The summed E-state index contributed by atoms with van der Waals surface area (Å²) in [6.07, 6.45) is 3.06. The molecule has 5 atom stereocenters. The molecular formula is C25H42INO8. The van der Waals surface area contributed by atoms with E-state index in [0.29, 0.717) is 36.8 Å². The summed E-state index contributed by atoms with van der Waals surface area (Å²) >= 11 is 0. The number of hydrogen-bond acceptors (Lipinski definition) is 8. The molecule has 1 saturated heterocycles. The number of terminal acetylenes is 1. The Morgan fingerprint density at radius 1 is 0.857 bits per heavy atom. The summed E-state index contributed by atoms with van der Waals surface area (Å²) in [5, 5.41) is 0. The molecule has 0 aromatic heterocycles. The molecule has 9 nitrogen and oxygen atoms in total. The van der Waals surface area contributed by atoms with Crippen molar-refractivity contribution in [1.82, 2.24) is 0 Å². The van der Waals surface area contributed by atoms with Crippen LogP contribution in [0.2, 0.25) is 0 Å². The highest BCUT2D eigenvalue weighted by Gasteiger charge is 2.51. The number of rotatable bonds is 14. The number of likely N-dealkylation sites (N-methyl/N-ethyl adjacent to an activating group) is 1. The van der Waals surface area contributed by atoms with Crippen LogP contribution < -0.4 is 24.0 Å². The van der Waals surface area contributed by atoms with E-state index in [2.05, 4.69) is 5.92 Å². The second-order valence-corrected chi connectivity index (χ2v) is 9.22. The first kappa shape index (κ1) is 33.6. The molecular weight excluding hydrogens is 569 g/mol. The fourth-order valence-electron chi connectivity index (χ4n) is 3.52. The van der Waals surface area contributed by atoms with Gasteiger partial charge >= 0.3 is 17.9 Å². The highest BCUT2D eigenvalue weighted by atomic mass is 127. The van der Waals surface area contributed by atoms with Crippen molar-refractivity contribution in [1.29, 1.82) is 0 Å². The summed E-state index contributed by atoms with van der Waals surface area (Å²) in [4.78, 5) is 37.2. The highest BCUT2D eigenvalue weighted by Crippen LogP contribution is 2.30. The van der Waals surface area contributed by atoms with Gasteiger partial charge in [-0.05, 0) is 32.1 Å². The van der Waals surface area contributed by atoms with E-state index in [9.17, 15) is 14.4 Å². The van der Waals surface area contributed by atoms with Crippen molar-refractivity contribution in [3.8, 4) is 12.3 Å². The van der Waals surface area contributed by atoms with E-state index in [-0.39, 0.29) is 49.8 Å². The summed E-state index contributed by atoms with van der Waals surface area (Å²) in [5.41, 5.74) is 0. The van der Waals surface area contributed by atoms with Crippen LogP contribution in [-0.4, -0.2) is 86.9 Å². The van der Waals surface area contributed by atoms with Crippen LogP contribution in [-0.2, 0) is 38.1 Å². The molecule has 0 radical (unpaired) electrons. The minimum Gasteiger partial charge on any atom is -1.00 e. The highest BCUT2D eigenvalue weighted by molar-refractivity contribution is 5.71. The predicted octanol–water partition coefficient (Wildman–Crippen LogP) is -0.403. The molecule has 0 aromatic carbocycles. The molecule has 0 spiro atoms. The summed E-state index contributed by atoms with van der Waals surface area (Å²) in [6.45, 7) is 8.66. The zero-order valence-electron chi connectivity index (χ0n) is 21.9. The van der Waals surface area contributed by atoms with Gasteiger partial charge in [0.1, 0.15) is 13.1 Å². The van der Waals surface area contributed by atoms with Gasteiger partial charge in [-0.1, -0.05) is 20.8 Å². The summed E-state index contributed by atoms with van der Waals surface area (Å²) in [7, 11) is 3.95. The van der Waals surface area contributed by atoms with Gasteiger partial charge in [0.25, 0.3) is 0 Å². The summed E-state index contributed by atoms with van der Waals surface area (Å²) < 4.78 is 29.6. The molecule has 1 rings (SSSR count). The second kappa shape index (κ2) is 17.1. The van der Waals surface area contributed by atoms with Crippen LogP contribution in [0, 0.1) is 12.3 Å². The molecule has 1 fully saturated rings. The first-order chi connectivity index (χ1) is 16.1. The average Bonchev–Trinajstić information content (AvgIpc) is 2.73. The van der Waals surface area contributed by atoms with Crippen molar-refractivity contribution in [3.05, 3.63) is 0 Å². The van der Waals surface area contributed by atoms with Crippen LogP contribution in [0.4, 0.5) is 0 Å². The third-order valence-corrected chi connectivity index (χ3v) is 5.39. The molecule has 0 saturated carbocycles. The molecule has 10 heteroatoms. The minimum absolute atomic E-state index is 0. The Morgan fingerprint density at radius 3 is 1.77 bits per heavy atom. The molecule has 0 bridgehead atoms. The van der Waals surface area contributed by atoms with E-state index in [0.717, 1.165) is 0 Å². The van der Waals surface area contributed by atoms with Crippen LogP contribution in [0.5, 0.6) is 0 Å². The Hall–Kier alpha value is -1.42. The molecule has 1 aliphatic heterocycles. The third-order valence-electron chi connectivity index (χ3n) is 5.39. The van der Waals surface area contributed by atoms with Crippen molar-refractivity contribution >= 4 is 17.9 Å². The molecule has 0 aromatic rings. The number of halogens is 1. The van der Waals surface area contributed by atoms with Crippen molar-refractivity contribution in [2.45, 2.75) is 96.9 Å². The maximum atomic E-state index is 12.5. The van der Waals surface area contributed by atoms with Crippen molar-refractivity contribution < 1.29 is 66.5 Å². The molecule has 0 aliphatic carbocycles. The van der Waals surface area contributed by atoms with Gasteiger partial charge in [0, 0.05) is 19.3 Å². The van der Waals surface area contributed by atoms with E-state index in [1.807, 2.05) is 34.9 Å². The number of quaternary nitrogens is 1. The molecule has 0 amide bonds. The van der Waals surface area contributed by atoms with Gasteiger partial charge in [0.2, 0.25) is 0 Å². The quantitative estimate of drug-likeness (QED) is 0.0862. The zero-order chi connectivity index (χ0) is 25.7. The van der Waals surface area contributed by atoms with Crippen LogP contribution in [0.25, 0.3) is 0 Å². The van der Waals surface area contributed by atoms with Crippen LogP contribution in [0.3, 0.4) is 0 Å². The fourth-order valence-corrected chi connectivity index (χ4v) is 3.52. The van der Waals surface area contributed by atoms with Crippen molar-refractivity contribution in [3.63, 3.8) is 0 Å². The number of carbonyl (C=O) groups excluding carboxylic acids is 3. The van der Waals surface area contributed by atoms with Gasteiger partial charge in [0.05, 0.1) is 26.8 Å². The van der Waals surface area contributed by atoms with Crippen LogP contribution in [0.15, 0.2) is 0 Å². The van der Waals surface area contributed by atoms with E-state index < -0.39 is 48.6 Å². The Bertz CT molecular complexity index is 708. The average molecular weight is 612 g/mol. The van der Waals surface area contributed by atoms with E-state index >= 15 is 0 Å². The summed E-state index contributed by atoms with van der Waals surface area (Å²) in [6, 6.07) is 0. The Balaban J connectivity index is 0.0000116. The Labute approximate surface area is 227 Å². The fraction of sp³-hybridized carbons (Fsp3) is 0.800. The molecule has 202 valence electrons. The third kappa shape index (κ3) is 11.9. The van der Waals surface area contributed by atoms with Crippen LogP contribution in [0.1, 0.15) is 66.2 Å². The Kier molecular flexibility index (Phi) is 16.4. The van der Waals surface area contributed by atoms with E-state index in [4.69, 9.17) is 30.1 Å². The van der Waals surface area contributed by atoms with Gasteiger partial charge in [0.15, 0.2) is 24.6 Å². The molecule has 0 N–H and O–H groups in total. The van der Waals surface area contributed by atoms with Crippen LogP contribution >= 0.6 is 0 Å². The predicted molar refractivity (Wildman–Crippen MR) is 125 cm³/mol. The Morgan fingerprint density at radius 2 is 1.31 bits per heavy atom. The van der Waals surface area contributed by atoms with E-state index in [1.54, 1.807) is 6.92 Å². The molecule has 1 unspecified atom stereocenters. The number of esters is 3. The molecule has 35 heavy (non-hydrogen) atoms. The van der Waals surface area contributed by atoms with Gasteiger partial charge in [-0.25, -0.2) is 0 Å². The number of nitrogens with zero attached hydrogens (tertiary/aromatic N) is 1. The van der Waals surface area contributed by atoms with E-state index in [1.165, 1.54) is 0 Å². The number of carbonyl (C=O) groups is 3. The first-order valence-corrected chi connectivity index (χ1v) is 12.2. The summed E-state index contributed by atoms with van der Waals surface area (Å²) in [5.74, 6) is 1.25. The SMILES string of the molecule is C#CC[N+](C)(C)CCOC1O[C@@H](C)[C@H](OC(=O)CCC)[C@@H](OC(=O)CCC)[C@H]1OC(=O)CCC.[I-]. The maximum Gasteiger partial charge on any atom is 0.306 e. The lowest BCUT2D eigenvalue weighted by molar-refractivity contribution is -0.883. The second-order valence-electron chi connectivity index (χ2n) is 9.22. The minimum atomic E-state index is -1.08. The van der Waals surface area contributed by atoms with Gasteiger partial charge in [-0.2, -0.15) is 0 Å². The largest absolute Gasteiger partial charge is 1.00 e. The van der Waals surface area contributed by atoms with Gasteiger partial charge < -0.3 is 52.1 Å². The van der Waals surface area contributed by atoms with Crippen molar-refractivity contribution in [2.75, 3.05) is 33.8 Å². The van der Waals surface area contributed by atoms with Crippen molar-refractivity contribution in [2.24, 2.45) is 0 Å². The molecule has 1 aliphatic rings. The van der Waals surface area contributed by atoms with Gasteiger partial charge in [-0.3, -0.25) is 14.4 Å². The lowest BCUT2D eigenvalue weighted by atomic mass is 9.98. The van der Waals surface area contributed by atoms with Gasteiger partial charge in [-0.15, -0.1) is 6.42 Å². The smallest absolute Gasteiger partial charge is 0.306 e. The monoisotopic (exact) mass is 611 g/mol. The lowest BCUT2D eigenvalue weighted by Crippen LogP contribution is -3.00. The standard InChI is InChI=1S/C25H42NO8.HI/c1-8-12-19(27)32-22-18(5)31-25(30-17-16-26(6,7)15-11-4)24(34-21(29)14-10-3)23(22)33-20(28)13-9-2;/h4,18,22-25H,8-10,12-17H2,1-3,5-7H3;1H/q+1;/p-1/t18-,22-,23+,24+,25?;/m0./s1. The topological polar surface area (TPSA) is 97.4 Å².